The zero-order chi connectivity index (χ0) is 19.7. The number of piperidine rings is 1. The predicted octanol–water partition coefficient (Wildman–Crippen LogP) is 5.40. The molecule has 2 atom stereocenters. The number of likely N-dealkylation sites (N-methyl/N-ethyl adjacent to an activating group) is 1. The first-order valence-corrected chi connectivity index (χ1v) is 10.5. The van der Waals surface area contributed by atoms with Crippen molar-refractivity contribution in [2.75, 3.05) is 19.6 Å². The molecule has 1 N–H and O–H groups in total. The molecule has 0 radical (unpaired) electrons. The lowest BCUT2D eigenvalue weighted by atomic mass is 9.81. The predicted molar refractivity (Wildman–Crippen MR) is 122 cm³/mol. The monoisotopic (exact) mass is 429 g/mol. The van der Waals surface area contributed by atoms with Gasteiger partial charge < -0.3 is 5.32 Å². The third kappa shape index (κ3) is 3.87. The van der Waals surface area contributed by atoms with E-state index in [0.29, 0.717) is 5.11 Å². The van der Waals surface area contributed by atoms with Crippen molar-refractivity contribution in [2.45, 2.75) is 13.0 Å². The number of hydrogen-bond acceptors (Lipinski definition) is 2. The van der Waals surface area contributed by atoms with Gasteiger partial charge >= 0.3 is 0 Å². The van der Waals surface area contributed by atoms with Crippen LogP contribution in [0.3, 0.4) is 0 Å². The summed E-state index contributed by atoms with van der Waals surface area (Å²) in [4.78, 5) is 7.16. The van der Waals surface area contributed by atoms with Crippen molar-refractivity contribution in [1.29, 1.82) is 0 Å². The van der Waals surface area contributed by atoms with Crippen LogP contribution in [-0.4, -0.2) is 35.4 Å². The maximum absolute atomic E-state index is 6.52. The van der Waals surface area contributed by atoms with Gasteiger partial charge in [-0.3, -0.25) is 4.90 Å². The molecule has 0 saturated carbocycles. The molecule has 0 amide bonds. The van der Waals surface area contributed by atoms with E-state index < -0.39 is 0 Å². The lowest BCUT2D eigenvalue weighted by Crippen LogP contribution is -2.51. The summed E-state index contributed by atoms with van der Waals surface area (Å²) in [5, 5.41) is 5.38. The minimum Gasteiger partial charge on any atom is -0.353 e. The number of nitrogens with zero attached hydrogens (tertiary/aromatic N) is 2. The molecule has 0 aliphatic carbocycles. The smallest absolute Gasteiger partial charge is 0.193 e. The van der Waals surface area contributed by atoms with E-state index in [2.05, 4.69) is 29.3 Å². The Balaban J connectivity index is 1.79. The summed E-state index contributed by atoms with van der Waals surface area (Å²) in [6, 6.07) is 15.8. The second-order valence-corrected chi connectivity index (χ2v) is 8.27. The van der Waals surface area contributed by atoms with Crippen LogP contribution in [-0.2, 0) is 0 Å². The second kappa shape index (κ2) is 8.34. The molecule has 2 aliphatic heterocycles. The minimum absolute atomic E-state index is 0.00213. The fourth-order valence-electron chi connectivity index (χ4n) is 3.94. The summed E-state index contributed by atoms with van der Waals surface area (Å²) in [6.07, 6.45) is 2.15. The molecule has 1 saturated heterocycles. The average Bonchev–Trinajstić information content (AvgIpc) is 2.70. The summed E-state index contributed by atoms with van der Waals surface area (Å²) < 4.78 is 0. The van der Waals surface area contributed by atoms with Gasteiger partial charge in [0.2, 0.25) is 0 Å². The van der Waals surface area contributed by atoms with Crippen LogP contribution >= 0.6 is 35.4 Å². The minimum atomic E-state index is -0.00213. The standard InChI is InChI=1S/C22H21Cl2N3S/c1-2-27-12-15(11-14-7-3-5-9-18(14)23)20-17(13-27)21(26-22(28)25-20)16-8-4-6-10-19(16)24/h3-11,17,21H,2,12-13H2,1H3,(H,26,28)/b15-11+. The van der Waals surface area contributed by atoms with E-state index in [1.54, 1.807) is 0 Å². The van der Waals surface area contributed by atoms with Crippen molar-refractivity contribution in [2.24, 2.45) is 10.9 Å². The molecule has 0 aromatic heterocycles. The maximum atomic E-state index is 6.52. The van der Waals surface area contributed by atoms with Crippen LogP contribution in [0.4, 0.5) is 0 Å². The molecule has 1 fully saturated rings. The van der Waals surface area contributed by atoms with Gasteiger partial charge in [-0.1, -0.05) is 66.5 Å². The van der Waals surface area contributed by atoms with E-state index >= 15 is 0 Å². The van der Waals surface area contributed by atoms with Crippen LogP contribution in [0.1, 0.15) is 24.1 Å². The number of nitrogens with one attached hydrogen (secondary N) is 1. The molecule has 2 aromatic carbocycles. The quantitative estimate of drug-likeness (QED) is 0.661. The summed E-state index contributed by atoms with van der Waals surface area (Å²) in [5.74, 6) is 0.161. The third-order valence-electron chi connectivity index (χ3n) is 5.35. The van der Waals surface area contributed by atoms with Crippen LogP contribution < -0.4 is 5.32 Å². The van der Waals surface area contributed by atoms with Gasteiger partial charge in [-0.25, -0.2) is 4.99 Å². The molecule has 2 heterocycles. The van der Waals surface area contributed by atoms with Crippen LogP contribution in [0.5, 0.6) is 0 Å². The summed E-state index contributed by atoms with van der Waals surface area (Å²) in [6.45, 7) is 4.87. The first kappa shape index (κ1) is 19.6. The molecular formula is C22H21Cl2N3S. The lowest BCUT2D eigenvalue weighted by molar-refractivity contribution is 0.252. The van der Waals surface area contributed by atoms with E-state index in [1.807, 2.05) is 42.5 Å². The number of rotatable bonds is 3. The van der Waals surface area contributed by atoms with Crippen LogP contribution in [0.2, 0.25) is 10.0 Å². The largest absolute Gasteiger partial charge is 0.353 e. The van der Waals surface area contributed by atoms with Gasteiger partial charge in [0.25, 0.3) is 0 Å². The number of fused-ring (bicyclic) bond motifs is 1. The fraction of sp³-hybridized carbons (Fsp3) is 0.273. The molecule has 6 heteroatoms. The Hall–Kier alpha value is -1.72. The van der Waals surface area contributed by atoms with Crippen molar-refractivity contribution in [3.05, 3.63) is 75.3 Å². The average molecular weight is 430 g/mol. The van der Waals surface area contributed by atoms with E-state index in [-0.39, 0.29) is 12.0 Å². The van der Waals surface area contributed by atoms with Gasteiger partial charge in [0.1, 0.15) is 0 Å². The molecule has 144 valence electrons. The molecule has 0 spiro atoms. The first-order chi connectivity index (χ1) is 13.6. The molecule has 3 nitrogen and oxygen atoms in total. The van der Waals surface area contributed by atoms with E-state index in [0.717, 1.165) is 52.1 Å². The Morgan fingerprint density at radius 1 is 1.14 bits per heavy atom. The van der Waals surface area contributed by atoms with Crippen molar-refractivity contribution in [3.63, 3.8) is 0 Å². The number of aliphatic imine (C=N–C) groups is 1. The van der Waals surface area contributed by atoms with Gasteiger partial charge in [0.05, 0.1) is 11.8 Å². The Morgan fingerprint density at radius 2 is 1.86 bits per heavy atom. The summed E-state index contributed by atoms with van der Waals surface area (Å²) in [7, 11) is 0. The Morgan fingerprint density at radius 3 is 2.57 bits per heavy atom. The van der Waals surface area contributed by atoms with Crippen molar-refractivity contribution in [3.8, 4) is 0 Å². The Kier molecular flexibility index (Phi) is 5.83. The Labute approximate surface area is 181 Å². The van der Waals surface area contributed by atoms with Gasteiger partial charge in [-0.15, -0.1) is 0 Å². The molecule has 0 bridgehead atoms. The zero-order valence-corrected chi connectivity index (χ0v) is 17.9. The van der Waals surface area contributed by atoms with E-state index in [9.17, 15) is 0 Å². The molecule has 28 heavy (non-hydrogen) atoms. The zero-order valence-electron chi connectivity index (χ0n) is 15.5. The molecular weight excluding hydrogens is 409 g/mol. The van der Waals surface area contributed by atoms with Gasteiger partial charge in [0, 0.05) is 29.1 Å². The van der Waals surface area contributed by atoms with Crippen molar-refractivity contribution < 1.29 is 0 Å². The third-order valence-corrected chi connectivity index (χ3v) is 6.25. The van der Waals surface area contributed by atoms with E-state index in [4.69, 9.17) is 40.4 Å². The van der Waals surface area contributed by atoms with Gasteiger partial charge in [-0.05, 0) is 53.7 Å². The molecule has 2 aromatic rings. The topological polar surface area (TPSA) is 27.6 Å². The number of benzene rings is 2. The SMILES string of the molecule is CCN1C/C(=C\c2ccccc2Cl)C2=NC(=S)NC(c3ccccc3Cl)C2C1. The first-order valence-electron chi connectivity index (χ1n) is 9.38. The van der Waals surface area contributed by atoms with Crippen LogP contribution in [0, 0.1) is 5.92 Å². The maximum Gasteiger partial charge on any atom is 0.193 e. The Bertz CT molecular complexity index is 970. The lowest BCUT2D eigenvalue weighted by Gasteiger charge is -2.42. The van der Waals surface area contributed by atoms with Crippen molar-refractivity contribution >= 4 is 52.3 Å². The van der Waals surface area contributed by atoms with Gasteiger partial charge in [0.15, 0.2) is 5.11 Å². The van der Waals surface area contributed by atoms with Crippen LogP contribution in [0.15, 0.2) is 59.1 Å². The summed E-state index contributed by atoms with van der Waals surface area (Å²) >= 11 is 18.4. The highest BCUT2D eigenvalue weighted by molar-refractivity contribution is 7.80. The molecule has 4 rings (SSSR count). The highest BCUT2D eigenvalue weighted by Gasteiger charge is 2.39. The highest BCUT2D eigenvalue weighted by atomic mass is 35.5. The number of hydrogen-bond donors (Lipinski definition) is 1. The van der Waals surface area contributed by atoms with E-state index in [1.165, 1.54) is 0 Å². The van der Waals surface area contributed by atoms with Crippen molar-refractivity contribution in [1.82, 2.24) is 10.2 Å². The van der Waals surface area contributed by atoms with Gasteiger partial charge in [-0.2, -0.15) is 0 Å². The summed E-state index contributed by atoms with van der Waals surface area (Å²) in [5.41, 5.74) is 4.25. The second-order valence-electron chi connectivity index (χ2n) is 7.07. The molecule has 2 aliphatic rings. The highest BCUT2D eigenvalue weighted by Crippen LogP contribution is 2.37. The number of likely N-dealkylation sites (tertiary alicyclic amines) is 1. The molecule has 2 unspecified atom stereocenters. The van der Waals surface area contributed by atoms with Crippen LogP contribution in [0.25, 0.3) is 6.08 Å². The fourth-order valence-corrected chi connectivity index (χ4v) is 4.61. The number of halogens is 2. The normalized spacial score (nSPS) is 23.9. The number of thiocarbonyl (C=S) groups is 1.